The Hall–Kier alpha value is -1.96. The summed E-state index contributed by atoms with van der Waals surface area (Å²) in [7, 11) is 1.79. The molecule has 6 unspecified atom stereocenters. The number of piperidine rings is 1. The van der Waals surface area contributed by atoms with E-state index >= 15 is 0 Å². The molecule has 194 valence electrons. The molecule has 3 heterocycles. The minimum Gasteiger partial charge on any atom is -0.462 e. The Labute approximate surface area is 212 Å². The van der Waals surface area contributed by atoms with Crippen LogP contribution in [0.25, 0.3) is 0 Å². The van der Waals surface area contributed by atoms with E-state index in [0.717, 1.165) is 32.4 Å². The Morgan fingerprint density at radius 1 is 1.22 bits per heavy atom. The maximum atomic E-state index is 13.5. The van der Waals surface area contributed by atoms with Crippen LogP contribution in [0.3, 0.4) is 0 Å². The molecular weight excluding hydrogens is 458 g/mol. The van der Waals surface area contributed by atoms with Gasteiger partial charge in [0.2, 0.25) is 0 Å². The van der Waals surface area contributed by atoms with Crippen LogP contribution in [0.15, 0.2) is 30.3 Å². The molecule has 1 aromatic carbocycles. The van der Waals surface area contributed by atoms with Gasteiger partial charge in [0.1, 0.15) is 12.2 Å². The number of esters is 2. The SMILES string of the molecule is CCN1C[C@@]2(C)CCC(OC)[C@]34C1C(C(OC(=O)c1ccccc1)C23)[C@@]1(O)CCC2C[C@@H]4[C@@H]1C(=O)O2. The van der Waals surface area contributed by atoms with Crippen LogP contribution >= 0.6 is 0 Å². The van der Waals surface area contributed by atoms with Crippen LogP contribution in [-0.2, 0) is 19.0 Å². The highest BCUT2D eigenvalue weighted by atomic mass is 16.6. The van der Waals surface area contributed by atoms with E-state index in [2.05, 4.69) is 18.7 Å². The molecule has 0 amide bonds. The van der Waals surface area contributed by atoms with E-state index in [9.17, 15) is 14.7 Å². The normalized spacial score (nSPS) is 50.4. The van der Waals surface area contributed by atoms with E-state index in [-0.39, 0.29) is 58.8 Å². The van der Waals surface area contributed by atoms with Crippen molar-refractivity contribution in [3.05, 3.63) is 35.9 Å². The van der Waals surface area contributed by atoms with Crippen LogP contribution in [-0.4, -0.2) is 72.1 Å². The lowest BCUT2D eigenvalue weighted by atomic mass is 9.42. The third kappa shape index (κ3) is 2.60. The van der Waals surface area contributed by atoms with E-state index in [4.69, 9.17) is 14.2 Å². The smallest absolute Gasteiger partial charge is 0.338 e. The fourth-order valence-electron chi connectivity index (χ4n) is 10.5. The highest BCUT2D eigenvalue weighted by Gasteiger charge is 2.85. The first kappa shape index (κ1) is 23.2. The zero-order chi connectivity index (χ0) is 25.0. The van der Waals surface area contributed by atoms with Crippen LogP contribution in [0.1, 0.15) is 56.3 Å². The molecule has 0 radical (unpaired) electrons. The van der Waals surface area contributed by atoms with Crippen LogP contribution in [0, 0.1) is 34.5 Å². The number of benzene rings is 1. The second kappa shape index (κ2) is 7.55. The number of methoxy groups -OCH3 is 1. The summed E-state index contributed by atoms with van der Waals surface area (Å²) in [4.78, 5) is 29.6. The van der Waals surface area contributed by atoms with Gasteiger partial charge in [-0.1, -0.05) is 32.0 Å². The molecule has 7 heteroatoms. The summed E-state index contributed by atoms with van der Waals surface area (Å²) in [5.41, 5.74) is -1.23. The number of ether oxygens (including phenoxy) is 3. The average Bonchev–Trinajstić information content (AvgIpc) is 2.92. The van der Waals surface area contributed by atoms with Gasteiger partial charge in [0.05, 0.1) is 23.2 Å². The molecule has 11 atom stereocenters. The van der Waals surface area contributed by atoms with Crippen molar-refractivity contribution in [1.29, 1.82) is 0 Å². The highest BCUT2D eigenvalue weighted by Crippen LogP contribution is 2.77. The number of likely N-dealkylation sites (tertiary alicyclic amines) is 1. The van der Waals surface area contributed by atoms with Gasteiger partial charge in [-0.15, -0.1) is 0 Å². The monoisotopic (exact) mass is 495 g/mol. The number of hydrogen-bond donors (Lipinski definition) is 1. The van der Waals surface area contributed by atoms with Gasteiger partial charge in [0, 0.05) is 36.9 Å². The minimum absolute atomic E-state index is 0.00435. The summed E-state index contributed by atoms with van der Waals surface area (Å²) in [6, 6.07) is 9.13. The lowest BCUT2D eigenvalue weighted by Gasteiger charge is -2.69. The lowest BCUT2D eigenvalue weighted by molar-refractivity contribution is -0.269. The van der Waals surface area contributed by atoms with Gasteiger partial charge < -0.3 is 19.3 Å². The van der Waals surface area contributed by atoms with Crippen LogP contribution in [0.4, 0.5) is 0 Å². The number of carbonyl (C=O) groups excluding carboxylic acids is 2. The Morgan fingerprint density at radius 3 is 2.72 bits per heavy atom. The quantitative estimate of drug-likeness (QED) is 0.643. The Kier molecular flexibility index (Phi) is 4.86. The van der Waals surface area contributed by atoms with E-state index in [1.54, 1.807) is 19.2 Å². The van der Waals surface area contributed by atoms with Gasteiger partial charge in [-0.05, 0) is 62.1 Å². The number of hydrogen-bond acceptors (Lipinski definition) is 7. The maximum Gasteiger partial charge on any atom is 0.338 e. The zero-order valence-corrected chi connectivity index (χ0v) is 21.4. The summed E-state index contributed by atoms with van der Waals surface area (Å²) in [6.45, 7) is 6.29. The second-order valence-electron chi connectivity index (χ2n) is 12.6. The first-order valence-electron chi connectivity index (χ1n) is 13.8. The van der Waals surface area contributed by atoms with Crippen molar-refractivity contribution in [3.63, 3.8) is 0 Å². The van der Waals surface area contributed by atoms with Crippen molar-refractivity contribution < 1.29 is 28.9 Å². The van der Waals surface area contributed by atoms with Gasteiger partial charge in [-0.25, -0.2) is 4.79 Å². The topological polar surface area (TPSA) is 85.3 Å². The molecule has 9 bridgehead atoms. The third-order valence-corrected chi connectivity index (χ3v) is 11.3. The first-order valence-corrected chi connectivity index (χ1v) is 13.8. The Balaban J connectivity index is 1.46. The number of rotatable bonds is 4. The van der Waals surface area contributed by atoms with Crippen molar-refractivity contribution in [2.45, 2.75) is 75.9 Å². The van der Waals surface area contributed by atoms with Crippen LogP contribution in [0.2, 0.25) is 0 Å². The van der Waals surface area contributed by atoms with Crippen molar-refractivity contribution in [3.8, 4) is 0 Å². The van der Waals surface area contributed by atoms with Gasteiger partial charge in [0.15, 0.2) is 0 Å². The molecule has 1 aromatic rings. The molecule has 3 aliphatic heterocycles. The summed E-state index contributed by atoms with van der Waals surface area (Å²) >= 11 is 0. The van der Waals surface area contributed by atoms with Gasteiger partial charge in [-0.3, -0.25) is 9.69 Å². The fourth-order valence-corrected chi connectivity index (χ4v) is 10.5. The fraction of sp³-hybridized carbons (Fsp3) is 0.724. The highest BCUT2D eigenvalue weighted by molar-refractivity contribution is 5.89. The summed E-state index contributed by atoms with van der Waals surface area (Å²) in [5.74, 6) is -1.62. The third-order valence-electron chi connectivity index (χ3n) is 11.3. The minimum atomic E-state index is -1.27. The number of fused-ring (bicyclic) bond motifs is 2. The molecule has 7 nitrogen and oxygen atoms in total. The molecule has 7 aliphatic rings. The summed E-state index contributed by atoms with van der Waals surface area (Å²) in [5, 5.41) is 12.6. The summed E-state index contributed by atoms with van der Waals surface area (Å²) < 4.78 is 18.7. The van der Waals surface area contributed by atoms with Crippen molar-refractivity contribution in [2.75, 3.05) is 20.2 Å². The molecule has 0 aromatic heterocycles. The molecule has 3 saturated heterocycles. The number of aliphatic hydroxyl groups is 1. The standard InChI is InChI=1S/C29H37NO6/c1-4-30-15-27(2)12-11-19(34-3)29-18-14-17-10-13-28(33,20(18)26(32)35-17)21(24(29)30)22(23(27)29)36-25(31)16-8-6-5-7-9-16/h5-9,17-24,33H,4,10-15H2,1-3H3/t17?,18-,19?,20-,21?,22?,23?,24?,27-,28-,29+/m1/s1. The molecule has 36 heavy (non-hydrogen) atoms. The van der Waals surface area contributed by atoms with Crippen LogP contribution in [0.5, 0.6) is 0 Å². The van der Waals surface area contributed by atoms with Crippen molar-refractivity contribution in [2.24, 2.45) is 34.5 Å². The van der Waals surface area contributed by atoms with E-state index < -0.39 is 17.6 Å². The largest absolute Gasteiger partial charge is 0.462 e. The van der Waals surface area contributed by atoms with Crippen molar-refractivity contribution >= 4 is 11.9 Å². The zero-order valence-electron chi connectivity index (χ0n) is 21.4. The summed E-state index contributed by atoms with van der Waals surface area (Å²) in [6.07, 6.45) is 3.10. The second-order valence-corrected chi connectivity index (χ2v) is 12.6. The molecule has 8 rings (SSSR count). The first-order chi connectivity index (χ1) is 17.3. The molecule has 7 fully saturated rings. The number of nitrogens with zero attached hydrogens (tertiary/aromatic N) is 1. The molecule has 4 aliphatic carbocycles. The van der Waals surface area contributed by atoms with Gasteiger partial charge in [-0.2, -0.15) is 0 Å². The predicted molar refractivity (Wildman–Crippen MR) is 130 cm³/mol. The van der Waals surface area contributed by atoms with E-state index in [1.807, 2.05) is 18.2 Å². The lowest BCUT2D eigenvalue weighted by Crippen LogP contribution is -2.76. The van der Waals surface area contributed by atoms with Crippen molar-refractivity contribution in [1.82, 2.24) is 4.90 Å². The predicted octanol–water partition coefficient (Wildman–Crippen LogP) is 3.05. The molecule has 4 saturated carbocycles. The van der Waals surface area contributed by atoms with E-state index in [0.29, 0.717) is 18.4 Å². The Morgan fingerprint density at radius 2 is 2.00 bits per heavy atom. The molecular formula is C29H37NO6. The van der Waals surface area contributed by atoms with Gasteiger partial charge in [0.25, 0.3) is 0 Å². The average molecular weight is 496 g/mol. The Bertz CT molecular complexity index is 1090. The van der Waals surface area contributed by atoms with E-state index in [1.165, 1.54) is 0 Å². The number of carbonyl (C=O) groups is 2. The molecule has 1 spiro atoms. The maximum absolute atomic E-state index is 13.5. The van der Waals surface area contributed by atoms with Crippen LogP contribution < -0.4 is 0 Å². The van der Waals surface area contributed by atoms with Gasteiger partial charge >= 0.3 is 11.9 Å². The molecule has 1 N–H and O–H groups in total.